The van der Waals surface area contributed by atoms with Gasteiger partial charge >= 0.3 is 0 Å². The molecule has 11 rings (SSSR count). The van der Waals surface area contributed by atoms with Crippen molar-refractivity contribution in [1.29, 1.82) is 21.0 Å². The monoisotopic (exact) mass is 842 g/mol. The van der Waals surface area contributed by atoms with Gasteiger partial charge in [-0.3, -0.25) is 9.59 Å². The van der Waals surface area contributed by atoms with Gasteiger partial charge in [0, 0.05) is 73.2 Å². The fourth-order valence-corrected chi connectivity index (χ4v) is 15.6. The van der Waals surface area contributed by atoms with Gasteiger partial charge in [-0.05, 0) is 74.9 Å². The summed E-state index contributed by atoms with van der Waals surface area (Å²) in [5.74, 6) is -0.357. The average Bonchev–Trinajstić information content (AvgIpc) is 4.11. The molecule has 0 fully saturated rings. The molecule has 282 valence electrons. The first-order valence-corrected chi connectivity index (χ1v) is 22.3. The van der Waals surface area contributed by atoms with Gasteiger partial charge in [-0.1, -0.05) is 82.3 Å². The fourth-order valence-electron chi connectivity index (χ4n) is 9.73. The van der Waals surface area contributed by atoms with E-state index < -0.39 is 0 Å². The Morgan fingerprint density at radius 2 is 0.900 bits per heavy atom. The first kappa shape index (κ1) is 36.3. The Kier molecular flexibility index (Phi) is 7.50. The minimum Gasteiger partial charge on any atom is -0.289 e. The van der Waals surface area contributed by atoms with E-state index in [1.54, 1.807) is 81.7 Å². The van der Waals surface area contributed by atoms with Crippen LogP contribution >= 0.6 is 45.3 Å². The smallest absolute Gasteiger partial charge is 0.194 e. The first-order valence-electron chi connectivity index (χ1n) is 19.1. The SMILES string of the molecule is CC1(C)c2cc3c(cc2-c2sc4cc(/C=C5\C(=O)c6ccccc6C5=C(C#N)C#N)sc4c21)-c1sc2cc(/C=C4\C(=O)c5ccccc5C4=C(C#N)C#N)sc2c1C3(C)C. The van der Waals surface area contributed by atoms with Crippen LogP contribution in [0.5, 0.6) is 0 Å². The molecule has 4 aliphatic rings. The van der Waals surface area contributed by atoms with Crippen LogP contribution < -0.4 is 0 Å². The van der Waals surface area contributed by atoms with Crippen LogP contribution in [0.25, 0.3) is 63.0 Å². The summed E-state index contributed by atoms with van der Waals surface area (Å²) < 4.78 is 4.66. The Hall–Kier alpha value is -6.76. The van der Waals surface area contributed by atoms with Gasteiger partial charge in [-0.25, -0.2) is 0 Å². The van der Waals surface area contributed by atoms with Crippen molar-refractivity contribution in [2.24, 2.45) is 0 Å². The van der Waals surface area contributed by atoms with Crippen LogP contribution in [-0.2, 0) is 10.8 Å². The molecule has 4 aromatic heterocycles. The molecule has 0 aliphatic heterocycles. The minimum atomic E-state index is -0.293. The lowest BCUT2D eigenvalue weighted by atomic mass is 9.78. The van der Waals surface area contributed by atoms with Crippen LogP contribution in [0, 0.1) is 45.3 Å². The minimum absolute atomic E-state index is 0.0667. The van der Waals surface area contributed by atoms with E-state index in [1.807, 2.05) is 48.6 Å². The van der Waals surface area contributed by atoms with E-state index >= 15 is 0 Å². The van der Waals surface area contributed by atoms with Crippen LogP contribution in [0.15, 0.2) is 95.1 Å². The Bertz CT molecular complexity index is 3310. The number of ketones is 2. The molecule has 6 nitrogen and oxygen atoms in total. The van der Waals surface area contributed by atoms with Crippen molar-refractivity contribution < 1.29 is 9.59 Å². The third kappa shape index (κ3) is 4.62. The highest BCUT2D eigenvalue weighted by atomic mass is 32.1. The number of allylic oxidation sites excluding steroid dienone is 6. The molecular formula is C50H26N4O2S4. The van der Waals surface area contributed by atoms with Crippen LogP contribution in [-0.4, -0.2) is 11.6 Å². The van der Waals surface area contributed by atoms with Crippen molar-refractivity contribution in [3.8, 4) is 45.2 Å². The molecule has 0 saturated carbocycles. The highest BCUT2D eigenvalue weighted by Gasteiger charge is 2.46. The number of rotatable bonds is 2. The molecule has 3 aromatic carbocycles. The lowest BCUT2D eigenvalue weighted by Gasteiger charge is -2.25. The zero-order valence-corrected chi connectivity index (χ0v) is 35.6. The van der Waals surface area contributed by atoms with Crippen LogP contribution in [0.2, 0.25) is 0 Å². The second kappa shape index (κ2) is 12.4. The van der Waals surface area contributed by atoms with Crippen molar-refractivity contribution in [1.82, 2.24) is 0 Å². The molecule has 7 aromatic rings. The second-order valence-electron chi connectivity index (χ2n) is 16.3. The van der Waals surface area contributed by atoms with Crippen LogP contribution in [0.3, 0.4) is 0 Å². The van der Waals surface area contributed by atoms with E-state index in [1.165, 1.54) is 52.5 Å². The Morgan fingerprint density at radius 1 is 0.517 bits per heavy atom. The second-order valence-corrected chi connectivity index (χ2v) is 20.6. The molecule has 4 aliphatic carbocycles. The number of fused-ring (bicyclic) bond motifs is 12. The van der Waals surface area contributed by atoms with Gasteiger partial charge in [0.1, 0.15) is 35.4 Å². The number of carbonyl (C=O) groups excluding carboxylic acids is 2. The van der Waals surface area contributed by atoms with Crippen molar-refractivity contribution in [3.05, 3.63) is 149 Å². The molecule has 10 heteroatoms. The zero-order chi connectivity index (χ0) is 41.6. The fraction of sp³-hybridized carbons (Fsp3) is 0.120. The molecule has 0 N–H and O–H groups in total. The molecule has 0 saturated heterocycles. The maximum absolute atomic E-state index is 13.7. The predicted octanol–water partition coefficient (Wildman–Crippen LogP) is 13.0. The van der Waals surface area contributed by atoms with E-state index in [4.69, 9.17) is 0 Å². The molecule has 0 spiro atoms. The zero-order valence-electron chi connectivity index (χ0n) is 32.3. The Morgan fingerprint density at radius 3 is 1.28 bits per heavy atom. The third-order valence-electron chi connectivity index (χ3n) is 12.4. The van der Waals surface area contributed by atoms with Gasteiger partial charge in [0.15, 0.2) is 11.6 Å². The van der Waals surface area contributed by atoms with Gasteiger partial charge in [0.25, 0.3) is 0 Å². The van der Waals surface area contributed by atoms with Gasteiger partial charge in [-0.2, -0.15) is 21.0 Å². The van der Waals surface area contributed by atoms with Crippen LogP contribution in [0.4, 0.5) is 0 Å². The Balaban J connectivity index is 0.999. The summed E-state index contributed by atoms with van der Waals surface area (Å²) >= 11 is 6.84. The lowest BCUT2D eigenvalue weighted by Crippen LogP contribution is -2.18. The topological polar surface area (TPSA) is 129 Å². The van der Waals surface area contributed by atoms with Gasteiger partial charge < -0.3 is 0 Å². The molecule has 0 radical (unpaired) electrons. The normalized spacial score (nSPS) is 17.3. The van der Waals surface area contributed by atoms with E-state index in [-0.39, 0.29) is 33.5 Å². The quantitative estimate of drug-likeness (QED) is 0.126. The molecule has 0 amide bonds. The van der Waals surface area contributed by atoms with Crippen LogP contribution in [0.1, 0.15) is 91.5 Å². The van der Waals surface area contributed by atoms with Crippen molar-refractivity contribution in [3.63, 3.8) is 0 Å². The number of hydrogen-bond acceptors (Lipinski definition) is 10. The van der Waals surface area contributed by atoms with Crippen molar-refractivity contribution >= 4 is 99.0 Å². The van der Waals surface area contributed by atoms with E-state index in [0.717, 1.165) is 19.2 Å². The van der Waals surface area contributed by atoms with E-state index in [0.29, 0.717) is 44.5 Å². The summed E-state index contributed by atoms with van der Waals surface area (Å²) in [7, 11) is 0. The highest BCUT2D eigenvalue weighted by Crippen LogP contribution is 2.63. The highest BCUT2D eigenvalue weighted by molar-refractivity contribution is 7.31. The summed E-state index contributed by atoms with van der Waals surface area (Å²) in [6.07, 6.45) is 3.70. The van der Waals surface area contributed by atoms with E-state index in [9.17, 15) is 30.6 Å². The summed E-state index contributed by atoms with van der Waals surface area (Å²) in [6, 6.07) is 31.4. The number of thiophene rings is 4. The van der Waals surface area contributed by atoms with Gasteiger partial charge in [-0.15, -0.1) is 45.3 Å². The van der Waals surface area contributed by atoms with Gasteiger partial charge in [0.05, 0.1) is 9.40 Å². The molecule has 60 heavy (non-hydrogen) atoms. The number of carbonyl (C=O) groups is 2. The molecule has 0 unspecified atom stereocenters. The number of Topliss-reactive ketones (excluding diaryl/α,β-unsaturated/α-hetero) is 2. The van der Waals surface area contributed by atoms with E-state index in [2.05, 4.69) is 52.0 Å². The number of nitriles is 4. The summed E-state index contributed by atoms with van der Waals surface area (Å²) in [5.41, 5.74) is 10.7. The standard InChI is InChI=1S/C50H26N4O2S4/c1-49(2)35-18-36-32(17-31(35)45-41(49)47-37(59-45)15-25(57-47)13-33-39(23(19-51)20-52)27-9-5-7-11-29(27)43(33)55)46-42(50(36,3)4)48-38(60-46)16-26(58-48)14-34-40(24(21-53)22-54)28-10-6-8-12-30(28)44(34)56/h5-18H,1-4H3/b33-13-,34-14-. The third-order valence-corrected chi connectivity index (χ3v) is 17.2. The summed E-state index contributed by atoms with van der Waals surface area (Å²) in [4.78, 5) is 31.7. The first-order chi connectivity index (χ1) is 28.9. The number of hydrogen-bond donors (Lipinski definition) is 0. The molecule has 0 atom stereocenters. The summed E-state index contributed by atoms with van der Waals surface area (Å²) in [5, 5.41) is 39.3. The lowest BCUT2D eigenvalue weighted by molar-refractivity contribution is 0.103. The Labute approximate surface area is 360 Å². The number of benzene rings is 3. The van der Waals surface area contributed by atoms with Crippen molar-refractivity contribution in [2.75, 3.05) is 0 Å². The average molecular weight is 843 g/mol. The maximum atomic E-state index is 13.7. The molecular weight excluding hydrogens is 817 g/mol. The number of nitrogens with zero attached hydrogens (tertiary/aromatic N) is 4. The van der Waals surface area contributed by atoms with Crippen molar-refractivity contribution in [2.45, 2.75) is 38.5 Å². The van der Waals surface area contributed by atoms with Gasteiger partial charge in [0.2, 0.25) is 0 Å². The molecule has 4 heterocycles. The largest absolute Gasteiger partial charge is 0.289 e. The predicted molar refractivity (Wildman–Crippen MR) is 242 cm³/mol. The molecule has 0 bridgehead atoms. The maximum Gasteiger partial charge on any atom is 0.194 e. The summed E-state index contributed by atoms with van der Waals surface area (Å²) in [6.45, 7) is 9.18.